The summed E-state index contributed by atoms with van der Waals surface area (Å²) in [6, 6.07) is 26.1. The summed E-state index contributed by atoms with van der Waals surface area (Å²) in [4.78, 5) is 3.44. The van der Waals surface area contributed by atoms with Gasteiger partial charge in [-0.3, -0.25) is 0 Å². The van der Waals surface area contributed by atoms with Crippen LogP contribution in [0.25, 0.3) is 0 Å². The van der Waals surface area contributed by atoms with Gasteiger partial charge in [-0.2, -0.15) is 0 Å². The van der Waals surface area contributed by atoms with Crippen molar-refractivity contribution in [2.24, 2.45) is 0 Å². The van der Waals surface area contributed by atoms with Gasteiger partial charge in [-0.25, -0.2) is 4.39 Å². The molecule has 0 aliphatic heterocycles. The molecule has 0 radical (unpaired) electrons. The van der Waals surface area contributed by atoms with Crippen LogP contribution in [0.1, 0.15) is 45.4 Å². The molecule has 0 saturated heterocycles. The van der Waals surface area contributed by atoms with E-state index in [0.29, 0.717) is 5.75 Å². The first-order chi connectivity index (χ1) is 15.2. The zero-order chi connectivity index (χ0) is 21.5. The lowest BCUT2D eigenvalue weighted by Gasteiger charge is -2.33. The van der Waals surface area contributed by atoms with Gasteiger partial charge in [0.2, 0.25) is 0 Å². The molecule has 1 aliphatic rings. The summed E-state index contributed by atoms with van der Waals surface area (Å²) < 4.78 is 21.3. The number of ether oxygens (including phenoxy) is 1. The van der Waals surface area contributed by atoms with Crippen molar-refractivity contribution < 1.29 is 9.13 Å². The fourth-order valence-electron chi connectivity index (χ4n) is 4.05. The maximum atomic E-state index is 14.9. The zero-order valence-electron chi connectivity index (χ0n) is 17.9. The Morgan fingerprint density at radius 2 is 1.45 bits per heavy atom. The van der Waals surface area contributed by atoms with Crippen molar-refractivity contribution in [2.45, 2.75) is 65.7 Å². The summed E-state index contributed by atoms with van der Waals surface area (Å²) in [5.74, 6) is 6.52. The van der Waals surface area contributed by atoms with Crippen LogP contribution in [0, 0.1) is 17.7 Å². The lowest BCUT2D eigenvalue weighted by Crippen LogP contribution is -2.37. The highest BCUT2D eigenvalue weighted by molar-refractivity contribution is 7.97. The van der Waals surface area contributed by atoms with Crippen LogP contribution < -0.4 is 4.74 Å². The fourth-order valence-corrected chi connectivity index (χ4v) is 6.15. The molecule has 0 N–H and O–H groups in total. The molecular formula is C28H28FOS+. The van der Waals surface area contributed by atoms with Gasteiger partial charge in [0.25, 0.3) is 0 Å². The quantitative estimate of drug-likeness (QED) is 0.302. The third-order valence-electron chi connectivity index (χ3n) is 5.56. The van der Waals surface area contributed by atoms with E-state index in [1.165, 1.54) is 16.2 Å². The van der Waals surface area contributed by atoms with Gasteiger partial charge in [0.1, 0.15) is 0 Å². The van der Waals surface area contributed by atoms with E-state index in [1.807, 2.05) is 31.2 Å². The summed E-state index contributed by atoms with van der Waals surface area (Å²) in [6.07, 6.45) is 5.81. The first-order valence-corrected chi connectivity index (χ1v) is 12.3. The molecule has 1 aliphatic carbocycles. The van der Waals surface area contributed by atoms with Crippen LogP contribution >= 0.6 is 0 Å². The Morgan fingerprint density at radius 1 is 0.839 bits per heavy atom. The minimum atomic E-state index is -0.578. The molecule has 4 rings (SSSR count). The second-order valence-electron chi connectivity index (χ2n) is 7.84. The van der Waals surface area contributed by atoms with Gasteiger partial charge < -0.3 is 4.74 Å². The first-order valence-electron chi connectivity index (χ1n) is 11.0. The third-order valence-corrected chi connectivity index (χ3v) is 7.77. The summed E-state index contributed by atoms with van der Waals surface area (Å²) in [6.45, 7) is 2.04. The normalized spacial score (nSPS) is 15.2. The van der Waals surface area contributed by atoms with Crippen molar-refractivity contribution in [2.75, 3.05) is 0 Å². The molecule has 0 unspecified atom stereocenters. The van der Waals surface area contributed by atoms with Crippen LogP contribution in [-0.4, -0.2) is 5.60 Å². The summed E-state index contributed by atoms with van der Waals surface area (Å²) in [5.41, 5.74) is -0.578. The molecule has 0 heterocycles. The van der Waals surface area contributed by atoms with Crippen LogP contribution in [0.2, 0.25) is 0 Å². The van der Waals surface area contributed by atoms with Crippen molar-refractivity contribution in [3.8, 4) is 17.6 Å². The van der Waals surface area contributed by atoms with Crippen molar-refractivity contribution >= 4 is 10.9 Å². The molecule has 31 heavy (non-hydrogen) atoms. The Labute approximate surface area is 188 Å². The molecule has 1 nitrogen and oxygen atoms in total. The molecule has 3 aromatic rings. The van der Waals surface area contributed by atoms with E-state index in [2.05, 4.69) is 60.4 Å². The van der Waals surface area contributed by atoms with E-state index < -0.39 is 5.60 Å². The molecule has 0 atom stereocenters. The Morgan fingerprint density at radius 3 is 2.03 bits per heavy atom. The fraction of sp³-hybridized carbons (Fsp3) is 0.286. The second kappa shape index (κ2) is 10.1. The van der Waals surface area contributed by atoms with Gasteiger partial charge in [0.15, 0.2) is 31.9 Å². The Kier molecular flexibility index (Phi) is 6.99. The zero-order valence-corrected chi connectivity index (χ0v) is 18.8. The molecule has 1 fully saturated rings. The number of rotatable bonds is 5. The van der Waals surface area contributed by atoms with Crippen LogP contribution in [-0.2, 0) is 10.9 Å². The van der Waals surface area contributed by atoms with Crippen molar-refractivity contribution in [1.29, 1.82) is 0 Å². The highest BCUT2D eigenvalue weighted by atomic mass is 32.2. The SMILES string of the molecule is CCC#CC1(Oc2cc([S+](c3ccccc3)c3ccccc3)ccc2F)CCCCC1. The van der Waals surface area contributed by atoms with Gasteiger partial charge >= 0.3 is 0 Å². The van der Waals surface area contributed by atoms with Gasteiger partial charge in [-0.05, 0) is 62.1 Å². The number of hydrogen-bond donors (Lipinski definition) is 0. The number of hydrogen-bond acceptors (Lipinski definition) is 1. The minimum absolute atomic E-state index is 0.314. The van der Waals surface area contributed by atoms with Crippen LogP contribution in [0.5, 0.6) is 5.75 Å². The van der Waals surface area contributed by atoms with Gasteiger partial charge in [-0.15, -0.1) is 0 Å². The monoisotopic (exact) mass is 431 g/mol. The van der Waals surface area contributed by atoms with Crippen LogP contribution in [0.4, 0.5) is 4.39 Å². The number of halogens is 1. The van der Waals surface area contributed by atoms with Crippen molar-refractivity contribution in [1.82, 2.24) is 0 Å². The summed E-state index contributed by atoms with van der Waals surface area (Å²) >= 11 is 0. The maximum Gasteiger partial charge on any atom is 0.170 e. The molecule has 0 bridgehead atoms. The van der Waals surface area contributed by atoms with Crippen molar-refractivity contribution in [3.05, 3.63) is 84.7 Å². The molecule has 158 valence electrons. The first kappa shape index (κ1) is 21.5. The maximum absolute atomic E-state index is 14.9. The predicted molar refractivity (Wildman–Crippen MR) is 126 cm³/mol. The van der Waals surface area contributed by atoms with Crippen LogP contribution in [0.15, 0.2) is 93.5 Å². The predicted octanol–water partition coefficient (Wildman–Crippen LogP) is 7.42. The average Bonchev–Trinajstić information content (AvgIpc) is 2.82. The molecule has 0 aromatic heterocycles. The highest BCUT2D eigenvalue weighted by Crippen LogP contribution is 2.37. The average molecular weight is 432 g/mol. The number of benzene rings is 3. The van der Waals surface area contributed by atoms with Crippen molar-refractivity contribution in [3.63, 3.8) is 0 Å². The largest absolute Gasteiger partial charge is 0.471 e. The lowest BCUT2D eigenvalue weighted by atomic mass is 9.85. The summed E-state index contributed by atoms with van der Waals surface area (Å²) in [5, 5.41) is 0. The molecule has 0 amide bonds. The van der Waals surface area contributed by atoms with Gasteiger partial charge in [0, 0.05) is 12.5 Å². The Bertz CT molecular complexity index is 1010. The Balaban J connectivity index is 1.75. The third kappa shape index (κ3) is 5.14. The molecule has 3 heteroatoms. The highest BCUT2D eigenvalue weighted by Gasteiger charge is 2.35. The van der Waals surface area contributed by atoms with E-state index in [-0.39, 0.29) is 16.7 Å². The van der Waals surface area contributed by atoms with Crippen LogP contribution in [0.3, 0.4) is 0 Å². The summed E-state index contributed by atoms with van der Waals surface area (Å²) in [7, 11) is -0.341. The molecule has 3 aromatic carbocycles. The van der Waals surface area contributed by atoms with E-state index >= 15 is 0 Å². The van der Waals surface area contributed by atoms with E-state index in [9.17, 15) is 4.39 Å². The smallest absolute Gasteiger partial charge is 0.170 e. The van der Waals surface area contributed by atoms with Gasteiger partial charge in [0.05, 0.1) is 10.9 Å². The van der Waals surface area contributed by atoms with Gasteiger partial charge in [-0.1, -0.05) is 61.6 Å². The standard InChI is InChI=1S/C28H28FOS/c1-2-3-19-28(20-11-6-12-21-28)30-27-22-25(17-18-26(27)29)31(23-13-7-4-8-14-23)24-15-9-5-10-16-24/h4-5,7-10,13-18,22H,2,6,11-12,20-21H2,1H3/q+1. The van der Waals surface area contributed by atoms with E-state index in [1.54, 1.807) is 6.07 Å². The van der Waals surface area contributed by atoms with E-state index in [4.69, 9.17) is 4.74 Å². The second-order valence-corrected chi connectivity index (χ2v) is 9.86. The molecular weight excluding hydrogens is 403 g/mol. The molecule has 0 spiro atoms. The molecule has 1 saturated carbocycles. The van der Waals surface area contributed by atoms with E-state index in [0.717, 1.165) is 37.0 Å². The minimum Gasteiger partial charge on any atom is -0.471 e. The Hall–Kier alpha value is -2.70. The lowest BCUT2D eigenvalue weighted by molar-refractivity contribution is 0.0820. The topological polar surface area (TPSA) is 9.23 Å².